The van der Waals surface area contributed by atoms with Crippen LogP contribution in [0.2, 0.25) is 0 Å². The zero-order chi connectivity index (χ0) is 33.0. The van der Waals surface area contributed by atoms with Crippen molar-refractivity contribution in [1.29, 1.82) is 0 Å². The smallest absolute Gasteiger partial charge is 0.164 e. The number of rotatable bonds is 5. The molecule has 0 unspecified atom stereocenters. The first kappa shape index (κ1) is 29.0. The Hall–Kier alpha value is -6.01. The molecule has 10 aromatic rings. The average Bonchev–Trinajstić information content (AvgIpc) is 3.76. The molecule has 0 aliphatic heterocycles. The highest BCUT2D eigenvalue weighted by molar-refractivity contribution is 7.26. The van der Waals surface area contributed by atoms with E-state index in [1.807, 2.05) is 17.4 Å². The molecule has 0 saturated heterocycles. The molecule has 50 heavy (non-hydrogen) atoms. The molecule has 0 bridgehead atoms. The van der Waals surface area contributed by atoms with E-state index in [4.69, 9.17) is 15.0 Å². The summed E-state index contributed by atoms with van der Waals surface area (Å²) in [6.45, 7) is 0. The zero-order valence-corrected chi connectivity index (χ0v) is 28.4. The fourth-order valence-corrected chi connectivity index (χ4v) is 9.19. The summed E-state index contributed by atoms with van der Waals surface area (Å²) in [5.41, 5.74) is 7.52. The number of benzene rings is 7. The number of fused-ring (bicyclic) bond motifs is 6. The molecule has 0 aliphatic rings. The molecule has 0 aliphatic carbocycles. The molecule has 0 atom stereocenters. The second kappa shape index (κ2) is 11.8. The summed E-state index contributed by atoms with van der Waals surface area (Å²) in [4.78, 5) is 15.8. The maximum atomic E-state index is 5.27. The van der Waals surface area contributed by atoms with Crippen LogP contribution in [0.3, 0.4) is 0 Å². The fraction of sp³-hybridized carbons (Fsp3) is 0. The van der Waals surface area contributed by atoms with Gasteiger partial charge in [0.2, 0.25) is 0 Å². The summed E-state index contributed by atoms with van der Waals surface area (Å²) in [6.07, 6.45) is 0. The molecule has 3 heterocycles. The van der Waals surface area contributed by atoms with Crippen LogP contribution in [0, 0.1) is 0 Å². The van der Waals surface area contributed by atoms with Crippen molar-refractivity contribution in [2.45, 2.75) is 0 Å². The first-order chi connectivity index (χ1) is 24.8. The van der Waals surface area contributed by atoms with E-state index in [2.05, 4.69) is 158 Å². The van der Waals surface area contributed by atoms with E-state index in [0.29, 0.717) is 17.5 Å². The minimum atomic E-state index is 0.652. The van der Waals surface area contributed by atoms with E-state index in [0.717, 1.165) is 27.8 Å². The van der Waals surface area contributed by atoms with Crippen LogP contribution in [0.4, 0.5) is 0 Å². The molecular formula is C45H27N3S2. The number of nitrogens with zero attached hydrogens (tertiary/aromatic N) is 3. The molecule has 3 nitrogen and oxygen atoms in total. The number of thiophene rings is 2. The van der Waals surface area contributed by atoms with Crippen molar-refractivity contribution < 1.29 is 0 Å². The Kier molecular flexibility index (Phi) is 6.86. The van der Waals surface area contributed by atoms with Crippen molar-refractivity contribution in [2.24, 2.45) is 0 Å². The van der Waals surface area contributed by atoms with Gasteiger partial charge in [-0.2, -0.15) is 0 Å². The first-order valence-electron chi connectivity index (χ1n) is 16.6. The minimum Gasteiger partial charge on any atom is -0.208 e. The van der Waals surface area contributed by atoms with Gasteiger partial charge in [-0.15, -0.1) is 22.7 Å². The van der Waals surface area contributed by atoms with Gasteiger partial charge in [0.05, 0.1) is 0 Å². The molecule has 0 radical (unpaired) electrons. The van der Waals surface area contributed by atoms with Gasteiger partial charge in [-0.3, -0.25) is 0 Å². The summed E-state index contributed by atoms with van der Waals surface area (Å²) in [5, 5.41) is 4.87. The van der Waals surface area contributed by atoms with Gasteiger partial charge in [0, 0.05) is 57.0 Å². The molecule has 10 rings (SSSR count). The van der Waals surface area contributed by atoms with Crippen molar-refractivity contribution in [3.8, 4) is 56.4 Å². The molecule has 0 amide bonds. The van der Waals surface area contributed by atoms with Gasteiger partial charge in [0.15, 0.2) is 17.5 Å². The van der Waals surface area contributed by atoms with E-state index in [-0.39, 0.29) is 0 Å². The van der Waals surface area contributed by atoms with E-state index in [1.54, 1.807) is 11.3 Å². The predicted octanol–water partition coefficient (Wildman–Crippen LogP) is 12.9. The van der Waals surface area contributed by atoms with Crippen LogP contribution in [-0.2, 0) is 0 Å². The highest BCUT2D eigenvalue weighted by Gasteiger charge is 2.19. The predicted molar refractivity (Wildman–Crippen MR) is 213 cm³/mol. The SMILES string of the molecule is c1ccc(-c2ccc(-c3ccccc3-c3nc(-c4ccc5sc6ccccc6c5c4)nc(-c4cccc5sc6ccccc6c45)n3)cc2)cc1. The molecule has 0 spiro atoms. The second-order valence-electron chi connectivity index (χ2n) is 12.4. The summed E-state index contributed by atoms with van der Waals surface area (Å²) >= 11 is 3.62. The van der Waals surface area contributed by atoms with Crippen LogP contribution in [0.15, 0.2) is 164 Å². The average molecular weight is 674 g/mol. The van der Waals surface area contributed by atoms with Gasteiger partial charge in [-0.1, -0.05) is 127 Å². The van der Waals surface area contributed by atoms with E-state index in [1.165, 1.54) is 51.5 Å². The third-order valence-corrected chi connectivity index (χ3v) is 11.7. The van der Waals surface area contributed by atoms with Gasteiger partial charge < -0.3 is 0 Å². The molecule has 3 aromatic heterocycles. The van der Waals surface area contributed by atoms with Gasteiger partial charge in [0.1, 0.15) is 0 Å². The van der Waals surface area contributed by atoms with Crippen LogP contribution in [0.1, 0.15) is 0 Å². The third kappa shape index (κ3) is 4.90. The van der Waals surface area contributed by atoms with Gasteiger partial charge in [0.25, 0.3) is 0 Å². The highest BCUT2D eigenvalue weighted by Crippen LogP contribution is 2.41. The molecule has 5 heteroatoms. The van der Waals surface area contributed by atoms with Crippen molar-refractivity contribution in [3.63, 3.8) is 0 Å². The van der Waals surface area contributed by atoms with Crippen molar-refractivity contribution >= 4 is 63.0 Å². The third-order valence-electron chi connectivity index (χ3n) is 9.38. The normalized spacial score (nSPS) is 11.6. The fourth-order valence-electron chi connectivity index (χ4n) is 6.97. The number of aromatic nitrogens is 3. The molecular weight excluding hydrogens is 647 g/mol. The summed E-state index contributed by atoms with van der Waals surface area (Å²) in [5.74, 6) is 1.98. The molecule has 0 fully saturated rings. The number of hydrogen-bond donors (Lipinski definition) is 0. The van der Waals surface area contributed by atoms with Gasteiger partial charge >= 0.3 is 0 Å². The lowest BCUT2D eigenvalue weighted by atomic mass is 9.96. The van der Waals surface area contributed by atoms with Crippen molar-refractivity contribution in [3.05, 3.63) is 164 Å². The van der Waals surface area contributed by atoms with Crippen LogP contribution in [0.5, 0.6) is 0 Å². The largest absolute Gasteiger partial charge is 0.208 e. The van der Waals surface area contributed by atoms with E-state index >= 15 is 0 Å². The van der Waals surface area contributed by atoms with Crippen LogP contribution in [0.25, 0.3) is 96.8 Å². The molecule has 0 N–H and O–H groups in total. The van der Waals surface area contributed by atoms with Crippen LogP contribution in [-0.4, -0.2) is 15.0 Å². The lowest BCUT2D eigenvalue weighted by Crippen LogP contribution is -2.01. The maximum Gasteiger partial charge on any atom is 0.164 e. The van der Waals surface area contributed by atoms with Crippen LogP contribution >= 0.6 is 22.7 Å². The Balaban J connectivity index is 1.19. The van der Waals surface area contributed by atoms with Gasteiger partial charge in [-0.05, 0) is 58.7 Å². The molecule has 7 aromatic carbocycles. The van der Waals surface area contributed by atoms with E-state index < -0.39 is 0 Å². The Morgan fingerprint density at radius 1 is 0.300 bits per heavy atom. The summed E-state index contributed by atoms with van der Waals surface area (Å²) in [7, 11) is 0. The Bertz CT molecular complexity index is 2870. The van der Waals surface area contributed by atoms with Crippen molar-refractivity contribution in [2.75, 3.05) is 0 Å². The standard InChI is InChI=1S/C45H27N3S2/c1-2-11-28(12-3-1)29-21-23-30(24-22-29)32-13-4-5-15-34(32)44-46-43(31-25-26-40-37(27-31)33-14-6-8-18-38(33)49-40)47-45(48-44)36-17-10-20-41-42(36)35-16-7-9-19-39(35)50-41/h1-27H. The van der Waals surface area contributed by atoms with E-state index in [9.17, 15) is 0 Å². The topological polar surface area (TPSA) is 38.7 Å². The minimum absolute atomic E-state index is 0.652. The lowest BCUT2D eigenvalue weighted by Gasteiger charge is -2.13. The van der Waals surface area contributed by atoms with Crippen LogP contribution < -0.4 is 0 Å². The molecule has 0 saturated carbocycles. The molecule has 234 valence electrons. The monoisotopic (exact) mass is 673 g/mol. The quantitative estimate of drug-likeness (QED) is 0.182. The Morgan fingerprint density at radius 3 is 1.64 bits per heavy atom. The zero-order valence-electron chi connectivity index (χ0n) is 26.7. The summed E-state index contributed by atoms with van der Waals surface area (Å²) < 4.78 is 5.00. The number of hydrogen-bond acceptors (Lipinski definition) is 5. The lowest BCUT2D eigenvalue weighted by molar-refractivity contribution is 1.08. The second-order valence-corrected chi connectivity index (χ2v) is 14.5. The van der Waals surface area contributed by atoms with Gasteiger partial charge in [-0.25, -0.2) is 15.0 Å². The summed E-state index contributed by atoms with van der Waals surface area (Å²) in [6, 6.07) is 57.9. The Labute approximate surface area is 296 Å². The highest BCUT2D eigenvalue weighted by atomic mass is 32.1. The van der Waals surface area contributed by atoms with Crippen molar-refractivity contribution in [1.82, 2.24) is 15.0 Å². The Morgan fingerprint density at radius 2 is 0.820 bits per heavy atom. The maximum absolute atomic E-state index is 5.27. The first-order valence-corrected chi connectivity index (χ1v) is 18.2.